The lowest BCUT2D eigenvalue weighted by Crippen LogP contribution is -2.44. The number of aromatic nitrogens is 1. The van der Waals surface area contributed by atoms with Crippen molar-refractivity contribution in [3.05, 3.63) is 47.9 Å². The van der Waals surface area contributed by atoms with Crippen LogP contribution in [0, 0.1) is 17.2 Å². The van der Waals surface area contributed by atoms with Gasteiger partial charge in [-0.15, -0.1) is 0 Å². The van der Waals surface area contributed by atoms with Crippen molar-refractivity contribution in [2.45, 2.75) is 58.0 Å². The molecule has 1 saturated carbocycles. The molecule has 1 amide bonds. The van der Waals surface area contributed by atoms with E-state index >= 15 is 0 Å². The second-order valence-corrected chi connectivity index (χ2v) is 11.3. The Bertz CT molecular complexity index is 1050. The highest BCUT2D eigenvalue weighted by molar-refractivity contribution is 5.95. The van der Waals surface area contributed by atoms with Gasteiger partial charge < -0.3 is 19.6 Å². The van der Waals surface area contributed by atoms with Gasteiger partial charge >= 0.3 is 0 Å². The van der Waals surface area contributed by atoms with Crippen molar-refractivity contribution in [3.8, 4) is 17.0 Å². The number of aliphatic hydroxyl groups is 1. The number of carbonyl (C=O) groups is 1. The van der Waals surface area contributed by atoms with Crippen LogP contribution in [0.2, 0.25) is 0 Å². The van der Waals surface area contributed by atoms with E-state index < -0.39 is 11.9 Å². The van der Waals surface area contributed by atoms with Crippen LogP contribution in [0.15, 0.2) is 36.5 Å². The summed E-state index contributed by atoms with van der Waals surface area (Å²) in [5, 5.41) is 9.82. The highest BCUT2D eigenvalue weighted by Gasteiger charge is 2.34. The Morgan fingerprint density at radius 2 is 1.89 bits per heavy atom. The van der Waals surface area contributed by atoms with Gasteiger partial charge in [0.2, 0.25) is 5.88 Å². The molecule has 2 aromatic rings. The maximum Gasteiger partial charge on any atom is 0.256 e. The van der Waals surface area contributed by atoms with Gasteiger partial charge in [-0.1, -0.05) is 19.4 Å². The zero-order chi connectivity index (χ0) is 25.1. The number of ether oxygens (including phenoxy) is 1. The number of halogens is 1. The number of hydrogen-bond donors (Lipinski definition) is 1. The van der Waals surface area contributed by atoms with E-state index in [0.29, 0.717) is 42.3 Å². The molecule has 2 saturated heterocycles. The number of nitrogens with zero attached hydrogens (tertiary/aromatic N) is 3. The van der Waals surface area contributed by atoms with Gasteiger partial charge in [-0.2, -0.15) is 0 Å². The summed E-state index contributed by atoms with van der Waals surface area (Å²) in [6, 6.07) is 8.35. The minimum atomic E-state index is -0.560. The number of benzene rings is 1. The van der Waals surface area contributed by atoms with E-state index in [9.17, 15) is 14.3 Å². The number of pyridine rings is 1. The van der Waals surface area contributed by atoms with Crippen LogP contribution in [-0.4, -0.2) is 71.2 Å². The molecule has 1 N–H and O–H groups in total. The first-order valence-corrected chi connectivity index (χ1v) is 13.5. The summed E-state index contributed by atoms with van der Waals surface area (Å²) in [5.41, 5.74) is 2.01. The molecule has 1 atom stereocenters. The Labute approximate surface area is 213 Å². The lowest BCUT2D eigenvalue weighted by molar-refractivity contribution is 0.0470. The highest BCUT2D eigenvalue weighted by atomic mass is 19.1. The van der Waals surface area contributed by atoms with Crippen LogP contribution in [0.3, 0.4) is 0 Å². The molecule has 2 aliphatic heterocycles. The summed E-state index contributed by atoms with van der Waals surface area (Å²) < 4.78 is 20.8. The standard InChI is InChI=1S/C29H38FN3O3/c1-29(11-3-12-29)20-32-14-9-21(10-15-32)19-36-27-8-6-23(17-31-27)22-5-7-25(26(30)16-22)28(35)33-13-2-4-24(34)18-33/h5-8,16-17,21,24,34H,2-4,9-15,18-20H2,1H3/t24-/m1/s1. The number of rotatable bonds is 7. The van der Waals surface area contributed by atoms with E-state index in [2.05, 4.69) is 16.8 Å². The summed E-state index contributed by atoms with van der Waals surface area (Å²) in [5.74, 6) is 0.203. The fraction of sp³-hybridized carbons (Fsp3) is 0.586. The van der Waals surface area contributed by atoms with Crippen LogP contribution in [0.1, 0.15) is 62.2 Å². The molecule has 0 bridgehead atoms. The number of hydrogen-bond acceptors (Lipinski definition) is 5. The van der Waals surface area contributed by atoms with E-state index in [0.717, 1.165) is 37.9 Å². The van der Waals surface area contributed by atoms with Gasteiger partial charge in [0.1, 0.15) is 5.82 Å². The molecule has 0 spiro atoms. The topological polar surface area (TPSA) is 65.9 Å². The molecule has 36 heavy (non-hydrogen) atoms. The van der Waals surface area contributed by atoms with Crippen LogP contribution >= 0.6 is 0 Å². The average Bonchev–Trinajstić information content (AvgIpc) is 2.87. The molecular formula is C29H38FN3O3. The second-order valence-electron chi connectivity index (χ2n) is 11.3. The third-order valence-corrected chi connectivity index (χ3v) is 8.29. The Morgan fingerprint density at radius 1 is 1.11 bits per heavy atom. The molecule has 7 heteroatoms. The molecule has 3 aliphatic rings. The first kappa shape index (κ1) is 25.2. The van der Waals surface area contributed by atoms with Gasteiger partial charge in [-0.05, 0) is 86.7 Å². The van der Waals surface area contributed by atoms with Crippen LogP contribution < -0.4 is 4.74 Å². The van der Waals surface area contributed by atoms with Crippen molar-refractivity contribution >= 4 is 5.91 Å². The van der Waals surface area contributed by atoms with Gasteiger partial charge in [0.05, 0.1) is 18.3 Å². The third-order valence-electron chi connectivity index (χ3n) is 8.29. The maximum atomic E-state index is 14.8. The summed E-state index contributed by atoms with van der Waals surface area (Å²) in [7, 11) is 0. The molecule has 194 valence electrons. The van der Waals surface area contributed by atoms with Crippen molar-refractivity contribution < 1.29 is 19.0 Å². The fourth-order valence-electron chi connectivity index (χ4n) is 5.81. The van der Waals surface area contributed by atoms with Crippen LogP contribution in [0.4, 0.5) is 4.39 Å². The van der Waals surface area contributed by atoms with Crippen LogP contribution in [0.25, 0.3) is 11.1 Å². The summed E-state index contributed by atoms with van der Waals surface area (Å²) in [4.78, 5) is 21.3. The molecule has 1 aromatic carbocycles. The quantitative estimate of drug-likeness (QED) is 0.600. The molecule has 1 aliphatic carbocycles. The van der Waals surface area contributed by atoms with Crippen molar-refractivity contribution in [1.29, 1.82) is 0 Å². The van der Waals surface area contributed by atoms with Gasteiger partial charge in [0.25, 0.3) is 5.91 Å². The van der Waals surface area contributed by atoms with Crippen molar-refractivity contribution in [2.24, 2.45) is 11.3 Å². The maximum absolute atomic E-state index is 14.8. The molecule has 3 heterocycles. The number of carbonyl (C=O) groups excluding carboxylic acids is 1. The molecule has 3 fully saturated rings. The SMILES string of the molecule is CC1(CN2CCC(COc3ccc(-c4ccc(C(=O)N5CCC[C@@H](O)C5)c(F)c4)cn3)CC2)CCC1. The number of likely N-dealkylation sites (tertiary alicyclic amines) is 2. The summed E-state index contributed by atoms with van der Waals surface area (Å²) in [6.45, 7) is 7.43. The monoisotopic (exact) mass is 495 g/mol. The number of β-amino-alcohol motifs (C(OH)–C–C–N with tert-alkyl or cyclic N) is 1. The average molecular weight is 496 g/mol. The lowest BCUT2D eigenvalue weighted by Gasteiger charge is -2.44. The Kier molecular flexibility index (Phi) is 7.58. The van der Waals surface area contributed by atoms with Crippen LogP contribution in [0.5, 0.6) is 5.88 Å². The van der Waals surface area contributed by atoms with Crippen molar-refractivity contribution in [3.63, 3.8) is 0 Å². The Morgan fingerprint density at radius 3 is 2.53 bits per heavy atom. The molecule has 0 unspecified atom stereocenters. The molecule has 1 aromatic heterocycles. The predicted octanol–water partition coefficient (Wildman–Crippen LogP) is 4.77. The van der Waals surface area contributed by atoms with Gasteiger partial charge in [-0.3, -0.25) is 4.79 Å². The van der Waals surface area contributed by atoms with Gasteiger partial charge in [0.15, 0.2) is 0 Å². The van der Waals surface area contributed by atoms with E-state index in [1.807, 2.05) is 12.1 Å². The first-order chi connectivity index (χ1) is 17.4. The number of amides is 1. The molecule has 6 nitrogen and oxygen atoms in total. The minimum absolute atomic E-state index is 0.0357. The normalized spacial score (nSPS) is 22.8. The predicted molar refractivity (Wildman–Crippen MR) is 137 cm³/mol. The molecular weight excluding hydrogens is 457 g/mol. The summed E-state index contributed by atoms with van der Waals surface area (Å²) >= 11 is 0. The van der Waals surface area contributed by atoms with E-state index in [1.165, 1.54) is 42.8 Å². The summed E-state index contributed by atoms with van der Waals surface area (Å²) in [6.07, 6.45) is 9.01. The third kappa shape index (κ3) is 5.89. The Hall–Kier alpha value is -2.51. The highest BCUT2D eigenvalue weighted by Crippen LogP contribution is 2.41. The van der Waals surface area contributed by atoms with Gasteiger partial charge in [0, 0.05) is 37.5 Å². The largest absolute Gasteiger partial charge is 0.477 e. The minimum Gasteiger partial charge on any atom is -0.477 e. The first-order valence-electron chi connectivity index (χ1n) is 13.5. The zero-order valence-corrected chi connectivity index (χ0v) is 21.3. The van der Waals surface area contributed by atoms with E-state index in [4.69, 9.17) is 4.74 Å². The number of piperidine rings is 2. The van der Waals surface area contributed by atoms with Gasteiger partial charge in [-0.25, -0.2) is 9.37 Å². The van der Waals surface area contributed by atoms with E-state index in [-0.39, 0.29) is 18.0 Å². The van der Waals surface area contributed by atoms with E-state index in [1.54, 1.807) is 12.3 Å². The Balaban J connectivity index is 1.12. The van der Waals surface area contributed by atoms with Crippen molar-refractivity contribution in [2.75, 3.05) is 39.3 Å². The lowest BCUT2D eigenvalue weighted by atomic mass is 9.70. The smallest absolute Gasteiger partial charge is 0.256 e. The van der Waals surface area contributed by atoms with Crippen molar-refractivity contribution in [1.82, 2.24) is 14.8 Å². The molecule has 5 rings (SSSR count). The molecule has 0 radical (unpaired) electrons. The second kappa shape index (κ2) is 10.9. The number of aliphatic hydroxyl groups excluding tert-OH is 1. The van der Waals surface area contributed by atoms with Crippen LogP contribution in [-0.2, 0) is 0 Å². The zero-order valence-electron chi connectivity index (χ0n) is 21.3. The fourth-order valence-corrected chi connectivity index (χ4v) is 5.81.